The van der Waals surface area contributed by atoms with Gasteiger partial charge in [-0.1, -0.05) is 20.3 Å². The van der Waals surface area contributed by atoms with Crippen LogP contribution in [0.15, 0.2) is 0 Å². The maximum Gasteiger partial charge on any atom is 0.0136 e. The van der Waals surface area contributed by atoms with Crippen LogP contribution in [0.5, 0.6) is 0 Å². The van der Waals surface area contributed by atoms with Crippen molar-refractivity contribution in [1.29, 1.82) is 0 Å². The van der Waals surface area contributed by atoms with Gasteiger partial charge in [0, 0.05) is 12.6 Å². The van der Waals surface area contributed by atoms with Gasteiger partial charge in [0.05, 0.1) is 0 Å². The van der Waals surface area contributed by atoms with Crippen molar-refractivity contribution in [3.8, 4) is 0 Å². The molecule has 1 saturated heterocycles. The molecule has 1 N–H and O–H groups in total. The van der Waals surface area contributed by atoms with Gasteiger partial charge >= 0.3 is 0 Å². The average Bonchev–Trinajstić information content (AvgIpc) is 2.65. The maximum atomic E-state index is 3.50. The fraction of sp³-hybridized carbons (Fsp3) is 1.00. The van der Waals surface area contributed by atoms with E-state index >= 15 is 0 Å². The molecule has 1 saturated carbocycles. The summed E-state index contributed by atoms with van der Waals surface area (Å²) in [4.78, 5) is 2.76. The molecule has 2 aliphatic rings. The largest absolute Gasteiger partial charge is 0.317 e. The normalized spacial score (nSPS) is 36.8. The Morgan fingerprint density at radius 3 is 2.60 bits per heavy atom. The second-order valence-corrected chi connectivity index (χ2v) is 5.27. The van der Waals surface area contributed by atoms with E-state index in [4.69, 9.17) is 0 Å². The predicted molar refractivity (Wildman–Crippen MR) is 65.0 cm³/mol. The first kappa shape index (κ1) is 11.4. The zero-order chi connectivity index (χ0) is 10.7. The number of nitrogens with zero attached hydrogens (tertiary/aromatic N) is 1. The van der Waals surface area contributed by atoms with Gasteiger partial charge in [-0.3, -0.25) is 4.90 Å². The van der Waals surface area contributed by atoms with Gasteiger partial charge in [0.15, 0.2) is 0 Å². The van der Waals surface area contributed by atoms with Crippen LogP contribution >= 0.6 is 0 Å². The maximum absolute atomic E-state index is 3.50. The summed E-state index contributed by atoms with van der Waals surface area (Å²) in [5.41, 5.74) is 0. The molecule has 0 aromatic rings. The lowest BCUT2D eigenvalue weighted by molar-refractivity contribution is 0.0792. The molecule has 2 fully saturated rings. The summed E-state index contributed by atoms with van der Waals surface area (Å²) < 4.78 is 0. The van der Waals surface area contributed by atoms with Crippen molar-refractivity contribution in [3.05, 3.63) is 0 Å². The van der Waals surface area contributed by atoms with Crippen molar-refractivity contribution in [2.75, 3.05) is 26.2 Å². The van der Waals surface area contributed by atoms with Crippen molar-refractivity contribution >= 4 is 0 Å². The van der Waals surface area contributed by atoms with Crippen LogP contribution in [-0.4, -0.2) is 37.1 Å². The fourth-order valence-corrected chi connectivity index (χ4v) is 3.10. The number of hydrogen-bond acceptors (Lipinski definition) is 2. The highest BCUT2D eigenvalue weighted by Crippen LogP contribution is 2.35. The molecule has 0 aromatic carbocycles. The molecular formula is C13H26N2. The third-order valence-electron chi connectivity index (χ3n) is 4.40. The second kappa shape index (κ2) is 5.31. The lowest BCUT2D eigenvalue weighted by Crippen LogP contribution is -2.49. The zero-order valence-corrected chi connectivity index (χ0v) is 10.3. The predicted octanol–water partition coefficient (Wildman–Crippen LogP) is 2.11. The first-order chi connectivity index (χ1) is 7.35. The number of rotatable bonds is 5. The Bertz CT molecular complexity index is 193. The molecule has 0 bridgehead atoms. The summed E-state index contributed by atoms with van der Waals surface area (Å²) in [5.74, 6) is 1.94. The molecule has 3 unspecified atom stereocenters. The molecule has 1 heterocycles. The molecule has 2 heteroatoms. The average molecular weight is 210 g/mol. The lowest BCUT2D eigenvalue weighted by atomic mass is 9.78. The second-order valence-electron chi connectivity index (χ2n) is 5.27. The van der Waals surface area contributed by atoms with E-state index in [0.29, 0.717) is 0 Å². The minimum absolute atomic E-state index is 0.917. The molecule has 2 nitrogen and oxygen atoms in total. The van der Waals surface area contributed by atoms with Crippen molar-refractivity contribution in [3.63, 3.8) is 0 Å². The number of likely N-dealkylation sites (tertiary alicyclic amines) is 1. The summed E-state index contributed by atoms with van der Waals surface area (Å²) in [6.45, 7) is 9.66. The Morgan fingerprint density at radius 1 is 1.20 bits per heavy atom. The van der Waals surface area contributed by atoms with E-state index in [9.17, 15) is 0 Å². The number of nitrogens with one attached hydrogen (secondary N) is 1. The van der Waals surface area contributed by atoms with Gasteiger partial charge in [0.25, 0.3) is 0 Å². The molecule has 1 aliphatic heterocycles. The van der Waals surface area contributed by atoms with Gasteiger partial charge in [-0.25, -0.2) is 0 Å². The minimum Gasteiger partial charge on any atom is -0.317 e. The molecule has 15 heavy (non-hydrogen) atoms. The van der Waals surface area contributed by atoms with Crippen LogP contribution in [0.1, 0.15) is 39.5 Å². The van der Waals surface area contributed by atoms with E-state index in [2.05, 4.69) is 24.1 Å². The van der Waals surface area contributed by atoms with Crippen molar-refractivity contribution in [1.82, 2.24) is 10.2 Å². The quantitative estimate of drug-likeness (QED) is 0.747. The highest BCUT2D eigenvalue weighted by atomic mass is 15.2. The van der Waals surface area contributed by atoms with E-state index in [1.165, 1.54) is 45.3 Å². The standard InChI is InChI=1S/C13H26N2/c1-3-11-7-8-15(10-11)13-6-5-12(13)9-14-4-2/h11-14H,3-10H2,1-2H3. The summed E-state index contributed by atoms with van der Waals surface area (Å²) in [6, 6.07) is 0.917. The Kier molecular flexibility index (Phi) is 4.04. The molecule has 2 rings (SSSR count). The number of hydrogen-bond donors (Lipinski definition) is 1. The molecular weight excluding hydrogens is 184 g/mol. The molecule has 0 amide bonds. The summed E-state index contributed by atoms with van der Waals surface area (Å²) >= 11 is 0. The van der Waals surface area contributed by atoms with E-state index in [1.807, 2.05) is 0 Å². The first-order valence-corrected chi connectivity index (χ1v) is 6.79. The van der Waals surface area contributed by atoms with Crippen LogP contribution in [0.25, 0.3) is 0 Å². The van der Waals surface area contributed by atoms with Crippen LogP contribution in [0.4, 0.5) is 0 Å². The van der Waals surface area contributed by atoms with Gasteiger partial charge in [-0.05, 0) is 50.7 Å². The van der Waals surface area contributed by atoms with Gasteiger partial charge in [0.2, 0.25) is 0 Å². The van der Waals surface area contributed by atoms with Crippen molar-refractivity contribution in [2.24, 2.45) is 11.8 Å². The minimum atomic E-state index is 0.917. The van der Waals surface area contributed by atoms with Crippen LogP contribution in [0, 0.1) is 11.8 Å². The van der Waals surface area contributed by atoms with Crippen LogP contribution in [0.2, 0.25) is 0 Å². The molecule has 0 aromatic heterocycles. The van der Waals surface area contributed by atoms with Crippen LogP contribution < -0.4 is 5.32 Å². The highest BCUT2D eigenvalue weighted by Gasteiger charge is 2.37. The Hall–Kier alpha value is -0.0800. The Balaban J connectivity index is 1.74. The van der Waals surface area contributed by atoms with Crippen LogP contribution in [0.3, 0.4) is 0 Å². The Labute approximate surface area is 94.4 Å². The van der Waals surface area contributed by atoms with E-state index in [1.54, 1.807) is 0 Å². The highest BCUT2D eigenvalue weighted by molar-refractivity contribution is 4.92. The SMILES string of the molecule is CCNCC1CCC1N1CCC(CC)C1. The molecule has 0 spiro atoms. The van der Waals surface area contributed by atoms with Gasteiger partial charge in [-0.2, -0.15) is 0 Å². The van der Waals surface area contributed by atoms with Gasteiger partial charge in [-0.15, -0.1) is 0 Å². The van der Waals surface area contributed by atoms with Gasteiger partial charge in [0.1, 0.15) is 0 Å². The van der Waals surface area contributed by atoms with E-state index in [-0.39, 0.29) is 0 Å². The van der Waals surface area contributed by atoms with Crippen molar-refractivity contribution < 1.29 is 0 Å². The van der Waals surface area contributed by atoms with E-state index in [0.717, 1.165) is 24.4 Å². The van der Waals surface area contributed by atoms with Gasteiger partial charge < -0.3 is 5.32 Å². The summed E-state index contributed by atoms with van der Waals surface area (Å²) in [6.07, 6.45) is 5.72. The molecule has 3 atom stereocenters. The lowest BCUT2D eigenvalue weighted by Gasteiger charge is -2.43. The summed E-state index contributed by atoms with van der Waals surface area (Å²) in [5, 5.41) is 3.50. The monoisotopic (exact) mass is 210 g/mol. The smallest absolute Gasteiger partial charge is 0.0136 e. The fourth-order valence-electron chi connectivity index (χ4n) is 3.10. The van der Waals surface area contributed by atoms with Crippen molar-refractivity contribution in [2.45, 2.75) is 45.6 Å². The topological polar surface area (TPSA) is 15.3 Å². The Morgan fingerprint density at radius 2 is 2.07 bits per heavy atom. The molecule has 88 valence electrons. The van der Waals surface area contributed by atoms with Crippen LogP contribution in [-0.2, 0) is 0 Å². The zero-order valence-electron chi connectivity index (χ0n) is 10.3. The van der Waals surface area contributed by atoms with E-state index < -0.39 is 0 Å². The first-order valence-electron chi connectivity index (χ1n) is 6.79. The third-order valence-corrected chi connectivity index (χ3v) is 4.40. The molecule has 0 radical (unpaired) electrons. The molecule has 1 aliphatic carbocycles. The summed E-state index contributed by atoms with van der Waals surface area (Å²) in [7, 11) is 0. The third kappa shape index (κ3) is 2.54.